The summed E-state index contributed by atoms with van der Waals surface area (Å²) in [6.07, 6.45) is 3.70. The maximum atomic E-state index is 13.0. The molecule has 1 aliphatic rings. The average Bonchev–Trinajstić information content (AvgIpc) is 2.63. The zero-order valence-electron chi connectivity index (χ0n) is 14.2. The van der Waals surface area contributed by atoms with Crippen LogP contribution in [0.3, 0.4) is 0 Å². The Morgan fingerprint density at radius 3 is 2.72 bits per heavy atom. The number of amides is 1. The van der Waals surface area contributed by atoms with E-state index in [-0.39, 0.29) is 18.3 Å². The molecule has 0 unspecified atom stereocenters. The number of carbonyl (C=O) groups excluding carboxylic acids is 1. The van der Waals surface area contributed by atoms with Crippen LogP contribution >= 0.6 is 0 Å². The van der Waals surface area contributed by atoms with Crippen LogP contribution in [-0.4, -0.2) is 30.7 Å². The number of nitrogens with zero attached hydrogens (tertiary/aromatic N) is 1. The third-order valence-corrected chi connectivity index (χ3v) is 4.54. The molecule has 0 aliphatic carbocycles. The van der Waals surface area contributed by atoms with Crippen LogP contribution in [-0.2, 0) is 6.42 Å². The van der Waals surface area contributed by atoms with Crippen molar-refractivity contribution in [2.24, 2.45) is 0 Å². The van der Waals surface area contributed by atoms with E-state index in [1.807, 2.05) is 12.1 Å². The Kier molecular flexibility index (Phi) is 5.66. The topological polar surface area (TPSA) is 52.6 Å². The van der Waals surface area contributed by atoms with E-state index in [0.717, 1.165) is 55.7 Å². The highest BCUT2D eigenvalue weighted by Crippen LogP contribution is 2.33. The summed E-state index contributed by atoms with van der Waals surface area (Å²) >= 11 is 0. The maximum absolute atomic E-state index is 13.0. The number of benzene rings is 2. The Balaban J connectivity index is 1.77. The molecular weight excluding hydrogens is 319 g/mol. The Morgan fingerprint density at radius 1 is 1.16 bits per heavy atom. The number of halogens is 1. The molecule has 0 fully saturated rings. The van der Waals surface area contributed by atoms with E-state index in [1.54, 1.807) is 0 Å². The molecule has 0 atom stereocenters. The van der Waals surface area contributed by atoms with Crippen molar-refractivity contribution in [1.29, 1.82) is 0 Å². The van der Waals surface area contributed by atoms with E-state index in [4.69, 9.17) is 5.11 Å². The molecule has 0 spiro atoms. The largest absolute Gasteiger partial charge is 0.396 e. The number of aliphatic hydroxyl groups is 1. The number of rotatable bonds is 6. The van der Waals surface area contributed by atoms with Crippen LogP contribution in [0.4, 0.5) is 15.8 Å². The summed E-state index contributed by atoms with van der Waals surface area (Å²) in [6, 6.07) is 11.5. The Hall–Kier alpha value is -2.40. The van der Waals surface area contributed by atoms with Crippen molar-refractivity contribution < 1.29 is 14.3 Å². The van der Waals surface area contributed by atoms with Crippen LogP contribution in [0.1, 0.15) is 35.2 Å². The zero-order chi connectivity index (χ0) is 17.6. The molecule has 0 saturated carbocycles. The van der Waals surface area contributed by atoms with Gasteiger partial charge in [-0.05, 0) is 67.6 Å². The zero-order valence-corrected chi connectivity index (χ0v) is 14.2. The molecule has 3 rings (SSSR count). The number of unbranched alkanes of at least 4 members (excludes halogenated alkanes) is 1. The molecule has 0 radical (unpaired) electrons. The first-order chi connectivity index (χ1) is 12.2. The standard InChI is InChI=1S/C20H23FN2O2/c21-16-10-8-15(9-11-16)20(25)22-18-6-3-7-19-17(18)5-4-13-23(19)12-1-2-14-24/h3,6-11,24H,1-2,4-5,12-14H2,(H,22,25). The number of hydrogen-bond acceptors (Lipinski definition) is 3. The number of aliphatic hydroxyl groups excluding tert-OH is 1. The fourth-order valence-electron chi connectivity index (χ4n) is 3.26. The normalized spacial score (nSPS) is 13.4. The summed E-state index contributed by atoms with van der Waals surface area (Å²) in [5.41, 5.74) is 3.56. The van der Waals surface area contributed by atoms with Crippen molar-refractivity contribution in [2.75, 3.05) is 29.9 Å². The van der Waals surface area contributed by atoms with Crippen molar-refractivity contribution in [1.82, 2.24) is 0 Å². The van der Waals surface area contributed by atoms with Crippen LogP contribution in [0.25, 0.3) is 0 Å². The maximum Gasteiger partial charge on any atom is 0.255 e. The van der Waals surface area contributed by atoms with Gasteiger partial charge in [0.1, 0.15) is 5.82 Å². The van der Waals surface area contributed by atoms with Gasteiger partial charge in [-0.1, -0.05) is 6.07 Å². The predicted octanol–water partition coefficient (Wildman–Crippen LogP) is 3.60. The first-order valence-corrected chi connectivity index (χ1v) is 8.73. The molecule has 25 heavy (non-hydrogen) atoms. The summed E-state index contributed by atoms with van der Waals surface area (Å²) < 4.78 is 13.0. The average molecular weight is 342 g/mol. The second-order valence-electron chi connectivity index (χ2n) is 6.29. The van der Waals surface area contributed by atoms with Gasteiger partial charge in [-0.25, -0.2) is 4.39 Å². The molecule has 0 aromatic heterocycles. The van der Waals surface area contributed by atoms with E-state index in [1.165, 1.54) is 24.3 Å². The van der Waals surface area contributed by atoms with Crippen molar-refractivity contribution in [3.05, 3.63) is 59.4 Å². The number of carbonyl (C=O) groups is 1. The number of anilines is 2. The van der Waals surface area contributed by atoms with Gasteiger partial charge in [0.25, 0.3) is 5.91 Å². The minimum atomic E-state index is -0.354. The second kappa shape index (κ2) is 8.12. The van der Waals surface area contributed by atoms with Crippen molar-refractivity contribution in [3.63, 3.8) is 0 Å². The van der Waals surface area contributed by atoms with Gasteiger partial charge in [0.2, 0.25) is 0 Å². The quantitative estimate of drug-likeness (QED) is 0.789. The molecule has 2 N–H and O–H groups in total. The molecule has 4 nitrogen and oxygen atoms in total. The summed E-state index contributed by atoms with van der Waals surface area (Å²) in [5.74, 6) is -0.585. The van der Waals surface area contributed by atoms with Crippen LogP contribution in [0.2, 0.25) is 0 Å². The number of fused-ring (bicyclic) bond motifs is 1. The van der Waals surface area contributed by atoms with Gasteiger partial charge in [0, 0.05) is 36.6 Å². The lowest BCUT2D eigenvalue weighted by atomic mass is 9.99. The lowest BCUT2D eigenvalue weighted by Crippen LogP contribution is -2.31. The first kappa shape index (κ1) is 17.4. The van der Waals surface area contributed by atoms with Crippen LogP contribution in [0.15, 0.2) is 42.5 Å². The van der Waals surface area contributed by atoms with Gasteiger partial charge >= 0.3 is 0 Å². The molecule has 2 aromatic rings. The predicted molar refractivity (Wildman–Crippen MR) is 97.6 cm³/mol. The highest BCUT2D eigenvalue weighted by Gasteiger charge is 2.20. The van der Waals surface area contributed by atoms with Gasteiger partial charge in [-0.15, -0.1) is 0 Å². The van der Waals surface area contributed by atoms with E-state index in [0.29, 0.717) is 5.56 Å². The minimum Gasteiger partial charge on any atom is -0.396 e. The van der Waals surface area contributed by atoms with Gasteiger partial charge < -0.3 is 15.3 Å². The van der Waals surface area contributed by atoms with Crippen LogP contribution < -0.4 is 10.2 Å². The number of nitrogens with one attached hydrogen (secondary N) is 1. The first-order valence-electron chi connectivity index (χ1n) is 8.73. The smallest absolute Gasteiger partial charge is 0.255 e. The second-order valence-corrected chi connectivity index (χ2v) is 6.29. The molecule has 132 valence electrons. The van der Waals surface area contributed by atoms with Gasteiger partial charge in [0.05, 0.1) is 0 Å². The molecule has 2 aromatic carbocycles. The monoisotopic (exact) mass is 342 g/mol. The van der Waals surface area contributed by atoms with Gasteiger partial charge in [0.15, 0.2) is 0 Å². The molecule has 1 aliphatic heterocycles. The summed E-state index contributed by atoms with van der Waals surface area (Å²) in [6.45, 7) is 2.12. The van der Waals surface area contributed by atoms with Crippen molar-refractivity contribution in [2.45, 2.75) is 25.7 Å². The van der Waals surface area contributed by atoms with Gasteiger partial charge in [-0.2, -0.15) is 0 Å². The third kappa shape index (κ3) is 4.17. The lowest BCUT2D eigenvalue weighted by molar-refractivity contribution is 0.102. The van der Waals surface area contributed by atoms with Crippen LogP contribution in [0.5, 0.6) is 0 Å². The van der Waals surface area contributed by atoms with E-state index in [2.05, 4.69) is 16.3 Å². The number of hydrogen-bond donors (Lipinski definition) is 2. The van der Waals surface area contributed by atoms with Crippen LogP contribution in [0, 0.1) is 5.82 Å². The Morgan fingerprint density at radius 2 is 1.96 bits per heavy atom. The van der Waals surface area contributed by atoms with E-state index in [9.17, 15) is 9.18 Å². The highest BCUT2D eigenvalue weighted by molar-refractivity contribution is 6.05. The molecular formula is C20H23FN2O2. The van der Waals surface area contributed by atoms with Gasteiger partial charge in [-0.3, -0.25) is 4.79 Å². The lowest BCUT2D eigenvalue weighted by Gasteiger charge is -2.32. The Bertz CT molecular complexity index is 731. The highest BCUT2D eigenvalue weighted by atomic mass is 19.1. The molecule has 0 saturated heterocycles. The Labute approximate surface area is 147 Å². The molecule has 1 amide bonds. The summed E-state index contributed by atoms with van der Waals surface area (Å²) in [7, 11) is 0. The molecule has 5 heteroatoms. The fourth-order valence-corrected chi connectivity index (χ4v) is 3.26. The van der Waals surface area contributed by atoms with E-state index >= 15 is 0 Å². The third-order valence-electron chi connectivity index (χ3n) is 4.54. The van der Waals surface area contributed by atoms with E-state index < -0.39 is 0 Å². The summed E-state index contributed by atoms with van der Waals surface area (Å²) in [5, 5.41) is 11.9. The SMILES string of the molecule is O=C(Nc1cccc2c1CCCN2CCCCO)c1ccc(F)cc1. The summed E-state index contributed by atoms with van der Waals surface area (Å²) in [4.78, 5) is 14.8. The van der Waals surface area contributed by atoms with Crippen molar-refractivity contribution in [3.8, 4) is 0 Å². The molecule has 1 heterocycles. The molecule has 0 bridgehead atoms. The van der Waals surface area contributed by atoms with Crippen molar-refractivity contribution >= 4 is 17.3 Å². The fraction of sp³-hybridized carbons (Fsp3) is 0.350. The minimum absolute atomic E-state index is 0.217.